The standard InChI is InChI=1S/C26H32FN3O3/c1-28(2)25(31)20-9-7-19(8-10-20)18-33-24-12-11-21(16-23(24)27)26(32)30-15-5-6-22(30)17-29-13-3-4-14-29/h7-12,16,22H,3-6,13-15,17-18H2,1-2H3/t22-/m0/s1. The molecule has 1 atom stereocenters. The van der Waals surface area contributed by atoms with E-state index < -0.39 is 5.82 Å². The van der Waals surface area contributed by atoms with Crippen LogP contribution in [-0.2, 0) is 6.61 Å². The van der Waals surface area contributed by atoms with E-state index in [0.717, 1.165) is 44.6 Å². The number of carbonyl (C=O) groups is 2. The van der Waals surface area contributed by atoms with Crippen molar-refractivity contribution in [1.82, 2.24) is 14.7 Å². The van der Waals surface area contributed by atoms with Crippen molar-refractivity contribution in [2.24, 2.45) is 0 Å². The summed E-state index contributed by atoms with van der Waals surface area (Å²) in [6.45, 7) is 4.02. The fraction of sp³-hybridized carbons (Fsp3) is 0.462. The Kier molecular flexibility index (Phi) is 7.28. The molecule has 0 unspecified atom stereocenters. The minimum absolute atomic E-state index is 0.0746. The second kappa shape index (κ2) is 10.3. The van der Waals surface area contributed by atoms with Crippen LogP contribution in [0.2, 0.25) is 0 Å². The Hall–Kier alpha value is -2.93. The van der Waals surface area contributed by atoms with Crippen molar-refractivity contribution in [3.05, 3.63) is 65.0 Å². The highest BCUT2D eigenvalue weighted by molar-refractivity contribution is 5.95. The third kappa shape index (κ3) is 5.53. The number of benzene rings is 2. The van der Waals surface area contributed by atoms with Crippen LogP contribution in [0.4, 0.5) is 4.39 Å². The van der Waals surface area contributed by atoms with Crippen molar-refractivity contribution in [1.29, 1.82) is 0 Å². The number of ether oxygens (including phenoxy) is 1. The first-order valence-electron chi connectivity index (χ1n) is 11.7. The van der Waals surface area contributed by atoms with Gasteiger partial charge in [0.05, 0.1) is 0 Å². The zero-order valence-corrected chi connectivity index (χ0v) is 19.4. The van der Waals surface area contributed by atoms with E-state index in [2.05, 4.69) is 4.90 Å². The SMILES string of the molecule is CN(C)C(=O)c1ccc(COc2ccc(C(=O)N3CCC[C@H]3CN3CCCC3)cc2F)cc1. The fourth-order valence-electron chi connectivity index (χ4n) is 4.64. The molecule has 0 spiro atoms. The summed E-state index contributed by atoms with van der Waals surface area (Å²) in [6.07, 6.45) is 4.45. The van der Waals surface area contributed by atoms with Gasteiger partial charge in [-0.15, -0.1) is 0 Å². The second-order valence-electron chi connectivity index (χ2n) is 9.13. The summed E-state index contributed by atoms with van der Waals surface area (Å²) >= 11 is 0. The average molecular weight is 454 g/mol. The summed E-state index contributed by atoms with van der Waals surface area (Å²) in [5.74, 6) is -0.622. The maximum absolute atomic E-state index is 14.7. The lowest BCUT2D eigenvalue weighted by Gasteiger charge is -2.28. The zero-order valence-electron chi connectivity index (χ0n) is 19.4. The molecular formula is C26H32FN3O3. The summed E-state index contributed by atoms with van der Waals surface area (Å²) in [5.41, 5.74) is 1.77. The van der Waals surface area contributed by atoms with Crippen LogP contribution in [0, 0.1) is 5.82 Å². The Balaban J connectivity index is 1.36. The number of halogens is 1. The van der Waals surface area contributed by atoms with Gasteiger partial charge < -0.3 is 19.4 Å². The van der Waals surface area contributed by atoms with Crippen molar-refractivity contribution in [3.63, 3.8) is 0 Å². The van der Waals surface area contributed by atoms with Gasteiger partial charge in [-0.05, 0) is 74.7 Å². The van der Waals surface area contributed by atoms with Gasteiger partial charge in [-0.3, -0.25) is 9.59 Å². The molecule has 0 aliphatic carbocycles. The molecule has 2 heterocycles. The molecule has 0 radical (unpaired) electrons. The van der Waals surface area contributed by atoms with Gasteiger partial charge >= 0.3 is 0 Å². The molecule has 0 bridgehead atoms. The monoisotopic (exact) mass is 453 g/mol. The summed E-state index contributed by atoms with van der Waals surface area (Å²) in [6, 6.07) is 11.7. The van der Waals surface area contributed by atoms with Crippen molar-refractivity contribution in [2.45, 2.75) is 38.3 Å². The molecule has 2 aromatic rings. The van der Waals surface area contributed by atoms with Gasteiger partial charge in [-0.1, -0.05) is 12.1 Å². The first-order valence-corrected chi connectivity index (χ1v) is 11.7. The van der Waals surface area contributed by atoms with Gasteiger partial charge in [0, 0.05) is 44.4 Å². The van der Waals surface area contributed by atoms with Crippen LogP contribution in [0.3, 0.4) is 0 Å². The lowest BCUT2D eigenvalue weighted by molar-refractivity contribution is 0.0707. The maximum Gasteiger partial charge on any atom is 0.254 e. The van der Waals surface area contributed by atoms with Crippen molar-refractivity contribution in [2.75, 3.05) is 40.3 Å². The molecule has 2 aliphatic heterocycles. The Morgan fingerprint density at radius 2 is 1.70 bits per heavy atom. The minimum atomic E-state index is -0.546. The highest BCUT2D eigenvalue weighted by Crippen LogP contribution is 2.25. The molecule has 0 saturated carbocycles. The van der Waals surface area contributed by atoms with Gasteiger partial charge in [0.15, 0.2) is 11.6 Å². The van der Waals surface area contributed by atoms with E-state index >= 15 is 0 Å². The quantitative estimate of drug-likeness (QED) is 0.640. The molecule has 2 fully saturated rings. The minimum Gasteiger partial charge on any atom is -0.486 e. The van der Waals surface area contributed by atoms with Crippen LogP contribution in [0.15, 0.2) is 42.5 Å². The average Bonchev–Trinajstić information content (AvgIpc) is 3.50. The first kappa shape index (κ1) is 23.2. The fourth-order valence-corrected chi connectivity index (χ4v) is 4.64. The van der Waals surface area contributed by atoms with E-state index in [-0.39, 0.29) is 30.2 Å². The second-order valence-corrected chi connectivity index (χ2v) is 9.13. The number of rotatable bonds is 7. The van der Waals surface area contributed by atoms with Crippen LogP contribution >= 0.6 is 0 Å². The Morgan fingerprint density at radius 1 is 1.00 bits per heavy atom. The van der Waals surface area contributed by atoms with Gasteiger partial charge in [-0.2, -0.15) is 0 Å². The predicted molar refractivity (Wildman–Crippen MR) is 125 cm³/mol. The van der Waals surface area contributed by atoms with E-state index in [9.17, 15) is 14.0 Å². The predicted octanol–water partition coefficient (Wildman–Crippen LogP) is 3.81. The first-order chi connectivity index (χ1) is 15.9. The molecule has 4 rings (SSSR count). The molecule has 176 valence electrons. The third-order valence-corrected chi connectivity index (χ3v) is 6.49. The van der Waals surface area contributed by atoms with E-state index in [4.69, 9.17) is 4.74 Å². The molecule has 6 nitrogen and oxygen atoms in total. The Morgan fingerprint density at radius 3 is 2.36 bits per heavy atom. The van der Waals surface area contributed by atoms with Crippen LogP contribution in [-0.4, -0.2) is 72.8 Å². The van der Waals surface area contributed by atoms with E-state index in [1.165, 1.54) is 29.9 Å². The summed E-state index contributed by atoms with van der Waals surface area (Å²) < 4.78 is 20.4. The lowest BCUT2D eigenvalue weighted by atomic mass is 10.1. The molecule has 2 aliphatic rings. The maximum atomic E-state index is 14.7. The van der Waals surface area contributed by atoms with E-state index in [0.29, 0.717) is 11.1 Å². The Labute approximate surface area is 194 Å². The number of hydrogen-bond acceptors (Lipinski definition) is 4. The van der Waals surface area contributed by atoms with Crippen molar-refractivity contribution < 1.29 is 18.7 Å². The number of nitrogens with zero attached hydrogens (tertiary/aromatic N) is 3. The number of likely N-dealkylation sites (tertiary alicyclic amines) is 2. The highest BCUT2D eigenvalue weighted by atomic mass is 19.1. The van der Waals surface area contributed by atoms with Crippen molar-refractivity contribution in [3.8, 4) is 5.75 Å². The van der Waals surface area contributed by atoms with Crippen LogP contribution in [0.5, 0.6) is 5.75 Å². The summed E-state index contributed by atoms with van der Waals surface area (Å²) in [4.78, 5) is 30.9. The van der Waals surface area contributed by atoms with Gasteiger partial charge in [0.2, 0.25) is 0 Å². The topological polar surface area (TPSA) is 53.1 Å². The molecule has 2 aromatic carbocycles. The zero-order chi connectivity index (χ0) is 23.4. The number of amides is 2. The van der Waals surface area contributed by atoms with Crippen LogP contribution in [0.1, 0.15) is 52.0 Å². The molecule has 33 heavy (non-hydrogen) atoms. The third-order valence-electron chi connectivity index (χ3n) is 6.49. The largest absolute Gasteiger partial charge is 0.486 e. The lowest BCUT2D eigenvalue weighted by Crippen LogP contribution is -2.42. The molecular weight excluding hydrogens is 421 g/mol. The summed E-state index contributed by atoms with van der Waals surface area (Å²) in [7, 11) is 3.40. The van der Waals surface area contributed by atoms with Crippen molar-refractivity contribution >= 4 is 11.8 Å². The smallest absolute Gasteiger partial charge is 0.254 e. The van der Waals surface area contributed by atoms with E-state index in [1.807, 2.05) is 4.90 Å². The highest BCUT2D eigenvalue weighted by Gasteiger charge is 2.31. The van der Waals surface area contributed by atoms with Crippen LogP contribution < -0.4 is 4.74 Å². The normalized spacial score (nSPS) is 18.5. The molecule has 2 saturated heterocycles. The number of carbonyl (C=O) groups excluding carboxylic acids is 2. The van der Waals surface area contributed by atoms with Gasteiger partial charge in [-0.25, -0.2) is 4.39 Å². The molecule has 7 heteroatoms. The number of hydrogen-bond donors (Lipinski definition) is 0. The molecule has 2 amide bonds. The molecule has 0 N–H and O–H groups in total. The Bertz CT molecular complexity index is 987. The molecule has 0 aromatic heterocycles. The van der Waals surface area contributed by atoms with E-state index in [1.54, 1.807) is 44.4 Å². The summed E-state index contributed by atoms with van der Waals surface area (Å²) in [5, 5.41) is 0. The van der Waals surface area contributed by atoms with Gasteiger partial charge in [0.25, 0.3) is 11.8 Å². The van der Waals surface area contributed by atoms with Crippen LogP contribution in [0.25, 0.3) is 0 Å². The van der Waals surface area contributed by atoms with Gasteiger partial charge in [0.1, 0.15) is 6.61 Å².